The Morgan fingerprint density at radius 1 is 1.11 bits per heavy atom. The second-order valence-corrected chi connectivity index (χ2v) is 4.51. The standard InChI is InChI=1S/C15H10BrFO2/c16-15-12(17)7-4-8-13(15)19-14(18)10-9-11-5-2-1-3-6-11/h1-10H. The Morgan fingerprint density at radius 3 is 2.58 bits per heavy atom. The van der Waals surface area contributed by atoms with Crippen molar-refractivity contribution in [2.24, 2.45) is 0 Å². The molecule has 0 aliphatic rings. The zero-order chi connectivity index (χ0) is 13.7. The summed E-state index contributed by atoms with van der Waals surface area (Å²) in [6.45, 7) is 0. The minimum Gasteiger partial charge on any atom is -0.422 e. The van der Waals surface area contributed by atoms with Crippen molar-refractivity contribution < 1.29 is 13.9 Å². The summed E-state index contributed by atoms with van der Waals surface area (Å²) in [6.07, 6.45) is 2.93. The van der Waals surface area contributed by atoms with Crippen molar-refractivity contribution in [1.29, 1.82) is 0 Å². The van der Waals surface area contributed by atoms with Crippen LogP contribution in [-0.4, -0.2) is 5.97 Å². The molecule has 2 nitrogen and oxygen atoms in total. The van der Waals surface area contributed by atoms with Crippen molar-refractivity contribution in [1.82, 2.24) is 0 Å². The Kier molecular flexibility index (Phi) is 4.47. The molecule has 0 atom stereocenters. The van der Waals surface area contributed by atoms with Gasteiger partial charge in [0.15, 0.2) is 0 Å². The Morgan fingerprint density at radius 2 is 1.84 bits per heavy atom. The molecule has 0 fully saturated rings. The molecule has 0 amide bonds. The Hall–Kier alpha value is -1.94. The Bertz CT molecular complexity index is 609. The van der Waals surface area contributed by atoms with Gasteiger partial charge in [0.25, 0.3) is 0 Å². The van der Waals surface area contributed by atoms with E-state index in [9.17, 15) is 9.18 Å². The van der Waals surface area contributed by atoms with E-state index in [0.717, 1.165) is 5.56 Å². The molecule has 0 radical (unpaired) electrons. The number of hydrogen-bond acceptors (Lipinski definition) is 2. The van der Waals surface area contributed by atoms with E-state index in [1.807, 2.05) is 30.3 Å². The van der Waals surface area contributed by atoms with Crippen molar-refractivity contribution in [3.8, 4) is 5.75 Å². The first-order valence-electron chi connectivity index (χ1n) is 5.56. The molecule has 0 bridgehead atoms. The maximum atomic E-state index is 13.2. The average molecular weight is 321 g/mol. The summed E-state index contributed by atoms with van der Waals surface area (Å²) in [5.41, 5.74) is 0.887. The first-order valence-corrected chi connectivity index (χ1v) is 6.35. The maximum Gasteiger partial charge on any atom is 0.336 e. The lowest BCUT2D eigenvalue weighted by Crippen LogP contribution is -2.04. The van der Waals surface area contributed by atoms with Gasteiger partial charge in [-0.2, -0.15) is 0 Å². The van der Waals surface area contributed by atoms with Crippen molar-refractivity contribution in [3.63, 3.8) is 0 Å². The highest BCUT2D eigenvalue weighted by Gasteiger charge is 2.08. The van der Waals surface area contributed by atoms with Crippen LogP contribution in [0.5, 0.6) is 5.75 Å². The van der Waals surface area contributed by atoms with Crippen molar-refractivity contribution in [3.05, 3.63) is 70.5 Å². The first kappa shape index (κ1) is 13.5. The van der Waals surface area contributed by atoms with Crippen LogP contribution in [0, 0.1) is 5.82 Å². The van der Waals surface area contributed by atoms with Gasteiger partial charge < -0.3 is 4.74 Å². The molecule has 96 valence electrons. The van der Waals surface area contributed by atoms with Gasteiger partial charge >= 0.3 is 5.97 Å². The van der Waals surface area contributed by atoms with Gasteiger partial charge in [0.2, 0.25) is 0 Å². The molecule has 4 heteroatoms. The molecule has 19 heavy (non-hydrogen) atoms. The highest BCUT2D eigenvalue weighted by Crippen LogP contribution is 2.27. The smallest absolute Gasteiger partial charge is 0.336 e. The zero-order valence-electron chi connectivity index (χ0n) is 9.85. The van der Waals surface area contributed by atoms with E-state index >= 15 is 0 Å². The van der Waals surface area contributed by atoms with Crippen LogP contribution in [0.15, 0.2) is 59.1 Å². The van der Waals surface area contributed by atoms with E-state index in [4.69, 9.17) is 4.74 Å². The summed E-state index contributed by atoms with van der Waals surface area (Å²) in [5.74, 6) is -0.879. The van der Waals surface area contributed by atoms with E-state index in [0.29, 0.717) is 0 Å². The summed E-state index contributed by atoms with van der Waals surface area (Å²) in [5, 5.41) is 0. The van der Waals surface area contributed by atoms with Gasteiger partial charge in [-0.05, 0) is 39.7 Å². The predicted molar refractivity (Wildman–Crippen MR) is 75.2 cm³/mol. The van der Waals surface area contributed by atoms with Gasteiger partial charge in [0.05, 0.1) is 4.47 Å². The van der Waals surface area contributed by atoms with E-state index in [1.165, 1.54) is 24.3 Å². The van der Waals surface area contributed by atoms with Crippen LogP contribution in [0.3, 0.4) is 0 Å². The molecule has 0 spiro atoms. The lowest BCUT2D eigenvalue weighted by atomic mass is 10.2. The molecular formula is C15H10BrFO2. The molecule has 0 N–H and O–H groups in total. The van der Waals surface area contributed by atoms with Crippen LogP contribution >= 0.6 is 15.9 Å². The summed E-state index contributed by atoms with van der Waals surface area (Å²) in [7, 11) is 0. The lowest BCUT2D eigenvalue weighted by molar-refractivity contribution is -0.128. The molecule has 2 aromatic rings. The van der Waals surface area contributed by atoms with Crippen molar-refractivity contribution in [2.45, 2.75) is 0 Å². The van der Waals surface area contributed by atoms with Gasteiger partial charge in [0, 0.05) is 6.08 Å². The summed E-state index contributed by atoms with van der Waals surface area (Å²) < 4.78 is 18.4. The van der Waals surface area contributed by atoms with E-state index in [2.05, 4.69) is 15.9 Å². The fourth-order valence-electron chi connectivity index (χ4n) is 1.43. The van der Waals surface area contributed by atoms with Crippen molar-refractivity contribution in [2.75, 3.05) is 0 Å². The lowest BCUT2D eigenvalue weighted by Gasteiger charge is -2.04. The molecule has 2 aromatic carbocycles. The third-order valence-corrected chi connectivity index (χ3v) is 3.11. The number of benzene rings is 2. The number of rotatable bonds is 3. The van der Waals surface area contributed by atoms with Gasteiger partial charge in [-0.15, -0.1) is 0 Å². The molecular weight excluding hydrogens is 311 g/mol. The summed E-state index contributed by atoms with van der Waals surface area (Å²) in [4.78, 5) is 11.6. The number of halogens is 2. The Labute approximate surface area is 118 Å². The van der Waals surface area contributed by atoms with Crippen LogP contribution in [0.25, 0.3) is 6.08 Å². The highest BCUT2D eigenvalue weighted by molar-refractivity contribution is 9.10. The molecule has 2 rings (SSSR count). The third-order valence-electron chi connectivity index (χ3n) is 2.34. The normalized spacial score (nSPS) is 10.6. The van der Waals surface area contributed by atoms with Crippen LogP contribution in [0.4, 0.5) is 4.39 Å². The average Bonchev–Trinajstić information content (AvgIpc) is 2.43. The van der Waals surface area contributed by atoms with Crippen LogP contribution in [0.1, 0.15) is 5.56 Å². The van der Waals surface area contributed by atoms with Crippen molar-refractivity contribution >= 4 is 28.0 Å². The van der Waals surface area contributed by atoms with E-state index in [1.54, 1.807) is 6.08 Å². The third kappa shape index (κ3) is 3.76. The van der Waals surface area contributed by atoms with Gasteiger partial charge in [-0.3, -0.25) is 0 Å². The number of ether oxygens (including phenoxy) is 1. The molecule has 0 aromatic heterocycles. The highest BCUT2D eigenvalue weighted by atomic mass is 79.9. The molecule has 0 unspecified atom stereocenters. The van der Waals surface area contributed by atoms with Crippen LogP contribution in [-0.2, 0) is 4.79 Å². The summed E-state index contributed by atoms with van der Waals surface area (Å²) in [6, 6.07) is 13.6. The number of hydrogen-bond donors (Lipinski definition) is 0. The second kappa shape index (κ2) is 6.29. The fraction of sp³-hybridized carbons (Fsp3) is 0. The number of carbonyl (C=O) groups excluding carboxylic acids is 1. The molecule has 0 aliphatic heterocycles. The molecule has 0 heterocycles. The largest absolute Gasteiger partial charge is 0.422 e. The second-order valence-electron chi connectivity index (χ2n) is 3.72. The summed E-state index contributed by atoms with van der Waals surface area (Å²) >= 11 is 3.03. The quantitative estimate of drug-likeness (QED) is 0.481. The molecule has 0 aliphatic carbocycles. The minimum atomic E-state index is -0.560. The van der Waals surface area contributed by atoms with Crippen LogP contribution in [0.2, 0.25) is 0 Å². The SMILES string of the molecule is O=C(C=Cc1ccccc1)Oc1cccc(F)c1Br. The fourth-order valence-corrected chi connectivity index (χ4v) is 1.78. The predicted octanol–water partition coefficient (Wildman–Crippen LogP) is 4.21. The first-order chi connectivity index (χ1) is 9.16. The zero-order valence-corrected chi connectivity index (χ0v) is 11.4. The van der Waals surface area contributed by atoms with Gasteiger partial charge in [-0.1, -0.05) is 36.4 Å². The number of esters is 1. The van der Waals surface area contributed by atoms with Crippen LogP contribution < -0.4 is 4.74 Å². The van der Waals surface area contributed by atoms with Gasteiger partial charge in [0.1, 0.15) is 11.6 Å². The molecule has 0 saturated carbocycles. The topological polar surface area (TPSA) is 26.3 Å². The Balaban J connectivity index is 2.06. The van der Waals surface area contributed by atoms with Gasteiger partial charge in [-0.25, -0.2) is 9.18 Å². The molecule has 0 saturated heterocycles. The van der Waals surface area contributed by atoms with E-state index in [-0.39, 0.29) is 10.2 Å². The van der Waals surface area contributed by atoms with E-state index < -0.39 is 11.8 Å². The monoisotopic (exact) mass is 320 g/mol. The minimum absolute atomic E-state index is 0.136. The number of carbonyl (C=O) groups is 1. The maximum absolute atomic E-state index is 13.2.